The van der Waals surface area contributed by atoms with Crippen LogP contribution in [0.25, 0.3) is 15.9 Å². The van der Waals surface area contributed by atoms with E-state index in [1.165, 1.54) is 39.8 Å². The van der Waals surface area contributed by atoms with Crippen LogP contribution in [0.2, 0.25) is 0 Å². The van der Waals surface area contributed by atoms with E-state index in [-0.39, 0.29) is 28.6 Å². The van der Waals surface area contributed by atoms with Crippen molar-refractivity contribution in [2.45, 2.75) is 38.4 Å². The molecule has 142 valence electrons. The standard InChI is InChI=1S/C19H20FN3O2S2/c1-11-9-12(20)5-6-14(11)23-17(25)16-13(7-8-26-16)21-18(23)27-10-15(24)22-19(2,3)4/h5-9H,10H2,1-4H3,(H,22,24). The molecule has 5 nitrogen and oxygen atoms in total. The van der Waals surface area contributed by atoms with Gasteiger partial charge in [0.15, 0.2) is 5.16 Å². The van der Waals surface area contributed by atoms with Gasteiger partial charge in [0.1, 0.15) is 10.5 Å². The predicted octanol–water partition coefficient (Wildman–Crippen LogP) is 3.90. The predicted molar refractivity (Wildman–Crippen MR) is 109 cm³/mol. The van der Waals surface area contributed by atoms with Gasteiger partial charge in [-0.25, -0.2) is 9.37 Å². The van der Waals surface area contributed by atoms with Crippen LogP contribution in [0.1, 0.15) is 26.3 Å². The molecule has 0 spiro atoms. The number of amides is 1. The maximum Gasteiger partial charge on any atom is 0.276 e. The Morgan fingerprint density at radius 2 is 2.07 bits per heavy atom. The summed E-state index contributed by atoms with van der Waals surface area (Å²) in [6.45, 7) is 7.46. The highest BCUT2D eigenvalue weighted by Crippen LogP contribution is 2.25. The molecule has 1 N–H and O–H groups in total. The molecule has 0 bridgehead atoms. The molecule has 0 radical (unpaired) electrons. The lowest BCUT2D eigenvalue weighted by molar-refractivity contribution is -0.119. The zero-order valence-corrected chi connectivity index (χ0v) is 17.1. The summed E-state index contributed by atoms with van der Waals surface area (Å²) in [6.07, 6.45) is 0. The molecule has 0 saturated heterocycles. The molecule has 0 aliphatic heterocycles. The van der Waals surface area contributed by atoms with Crippen LogP contribution in [0, 0.1) is 12.7 Å². The lowest BCUT2D eigenvalue weighted by Gasteiger charge is -2.20. The van der Waals surface area contributed by atoms with E-state index >= 15 is 0 Å². The Hall–Kier alpha value is -2.19. The Kier molecular flexibility index (Phi) is 5.39. The zero-order valence-electron chi connectivity index (χ0n) is 15.5. The molecule has 0 saturated carbocycles. The van der Waals surface area contributed by atoms with Gasteiger partial charge in [0.05, 0.1) is 17.0 Å². The summed E-state index contributed by atoms with van der Waals surface area (Å²) < 4.78 is 15.5. The Balaban J connectivity index is 2.06. The molecule has 2 heterocycles. The Morgan fingerprint density at radius 1 is 1.33 bits per heavy atom. The number of benzene rings is 1. The van der Waals surface area contributed by atoms with E-state index in [2.05, 4.69) is 10.3 Å². The lowest BCUT2D eigenvalue weighted by atomic mass is 10.1. The van der Waals surface area contributed by atoms with Crippen LogP contribution in [0.3, 0.4) is 0 Å². The molecule has 1 amide bonds. The number of carbonyl (C=O) groups excluding carboxylic acids is 1. The SMILES string of the molecule is Cc1cc(F)ccc1-n1c(SCC(=O)NC(C)(C)C)nc2ccsc2c1=O. The van der Waals surface area contributed by atoms with E-state index in [1.807, 2.05) is 26.2 Å². The molecular formula is C19H20FN3O2S2. The second kappa shape index (κ2) is 7.44. The molecule has 8 heteroatoms. The minimum Gasteiger partial charge on any atom is -0.351 e. The molecule has 2 aromatic heterocycles. The smallest absolute Gasteiger partial charge is 0.276 e. The number of thioether (sulfide) groups is 1. The van der Waals surface area contributed by atoms with Crippen LogP contribution in [0.4, 0.5) is 4.39 Å². The van der Waals surface area contributed by atoms with Gasteiger partial charge in [-0.05, 0) is 62.9 Å². The molecule has 1 aromatic carbocycles. The molecule has 27 heavy (non-hydrogen) atoms. The Labute approximate surface area is 164 Å². The van der Waals surface area contributed by atoms with Crippen LogP contribution in [0.5, 0.6) is 0 Å². The zero-order chi connectivity index (χ0) is 19.8. The van der Waals surface area contributed by atoms with Crippen molar-refractivity contribution in [2.24, 2.45) is 0 Å². The van der Waals surface area contributed by atoms with Crippen LogP contribution in [-0.4, -0.2) is 26.8 Å². The van der Waals surface area contributed by atoms with Crippen molar-refractivity contribution < 1.29 is 9.18 Å². The summed E-state index contributed by atoms with van der Waals surface area (Å²) in [5.41, 5.74) is 1.22. The number of rotatable bonds is 4. The van der Waals surface area contributed by atoms with Crippen LogP contribution in [-0.2, 0) is 4.79 Å². The van der Waals surface area contributed by atoms with Crippen molar-refractivity contribution in [3.8, 4) is 5.69 Å². The van der Waals surface area contributed by atoms with Gasteiger partial charge in [-0.1, -0.05) is 11.8 Å². The quantitative estimate of drug-likeness (QED) is 0.528. The fraction of sp³-hybridized carbons (Fsp3) is 0.316. The van der Waals surface area contributed by atoms with E-state index in [9.17, 15) is 14.0 Å². The van der Waals surface area contributed by atoms with E-state index in [1.54, 1.807) is 19.1 Å². The van der Waals surface area contributed by atoms with E-state index < -0.39 is 0 Å². The number of nitrogens with zero attached hydrogens (tertiary/aromatic N) is 2. The number of thiophene rings is 1. The van der Waals surface area contributed by atoms with Crippen molar-refractivity contribution in [3.63, 3.8) is 0 Å². The van der Waals surface area contributed by atoms with Gasteiger partial charge in [-0.3, -0.25) is 14.2 Å². The fourth-order valence-corrected chi connectivity index (χ4v) is 4.22. The first kappa shape index (κ1) is 19.6. The summed E-state index contributed by atoms with van der Waals surface area (Å²) in [5, 5.41) is 5.11. The maximum atomic E-state index is 13.5. The summed E-state index contributed by atoms with van der Waals surface area (Å²) in [7, 11) is 0. The second-order valence-electron chi connectivity index (χ2n) is 7.19. The largest absolute Gasteiger partial charge is 0.351 e. The second-order valence-corrected chi connectivity index (χ2v) is 9.05. The van der Waals surface area contributed by atoms with Gasteiger partial charge < -0.3 is 5.32 Å². The minimum atomic E-state index is -0.367. The number of hydrogen-bond donors (Lipinski definition) is 1. The molecular weight excluding hydrogens is 385 g/mol. The summed E-state index contributed by atoms with van der Waals surface area (Å²) in [6, 6.07) is 6.03. The third-order valence-corrected chi connectivity index (χ3v) is 5.53. The van der Waals surface area contributed by atoms with Crippen LogP contribution in [0.15, 0.2) is 39.6 Å². The highest BCUT2D eigenvalue weighted by atomic mass is 32.2. The monoisotopic (exact) mass is 405 g/mol. The highest BCUT2D eigenvalue weighted by molar-refractivity contribution is 7.99. The molecule has 0 unspecified atom stereocenters. The Bertz CT molecular complexity index is 1070. The first-order chi connectivity index (χ1) is 12.7. The van der Waals surface area contributed by atoms with Crippen LogP contribution < -0.4 is 10.9 Å². The number of carbonyl (C=O) groups is 1. The topological polar surface area (TPSA) is 64.0 Å². The highest BCUT2D eigenvalue weighted by Gasteiger charge is 2.19. The first-order valence-corrected chi connectivity index (χ1v) is 10.2. The minimum absolute atomic E-state index is 0.125. The van der Waals surface area contributed by atoms with Gasteiger partial charge in [0, 0.05) is 5.54 Å². The third kappa shape index (κ3) is 4.39. The summed E-state index contributed by atoms with van der Waals surface area (Å²) >= 11 is 2.50. The van der Waals surface area contributed by atoms with Crippen molar-refractivity contribution in [2.75, 3.05) is 5.75 Å². The lowest BCUT2D eigenvalue weighted by Crippen LogP contribution is -2.41. The van der Waals surface area contributed by atoms with Crippen molar-refractivity contribution >= 4 is 39.2 Å². The molecule has 0 atom stereocenters. The first-order valence-electron chi connectivity index (χ1n) is 8.36. The van der Waals surface area contributed by atoms with E-state index in [4.69, 9.17) is 0 Å². The average Bonchev–Trinajstić information content (AvgIpc) is 3.01. The number of aromatic nitrogens is 2. The molecule has 3 rings (SSSR count). The van der Waals surface area contributed by atoms with Gasteiger partial charge in [0.2, 0.25) is 5.91 Å². The van der Waals surface area contributed by atoms with Gasteiger partial charge in [0.25, 0.3) is 5.56 Å². The van der Waals surface area contributed by atoms with Gasteiger partial charge >= 0.3 is 0 Å². The Morgan fingerprint density at radius 3 is 2.74 bits per heavy atom. The molecule has 0 aliphatic carbocycles. The number of halogens is 1. The molecule has 0 aliphatic rings. The van der Waals surface area contributed by atoms with Gasteiger partial charge in [-0.2, -0.15) is 0 Å². The van der Waals surface area contributed by atoms with Crippen molar-refractivity contribution in [3.05, 3.63) is 51.4 Å². The maximum absolute atomic E-state index is 13.5. The van der Waals surface area contributed by atoms with Gasteiger partial charge in [-0.15, -0.1) is 11.3 Å². The summed E-state index contributed by atoms with van der Waals surface area (Å²) in [5.74, 6) is -0.387. The number of hydrogen-bond acceptors (Lipinski definition) is 5. The van der Waals surface area contributed by atoms with Crippen LogP contribution >= 0.6 is 23.1 Å². The normalized spacial score (nSPS) is 11.7. The fourth-order valence-electron chi connectivity index (χ4n) is 2.66. The summed E-state index contributed by atoms with van der Waals surface area (Å²) in [4.78, 5) is 29.8. The number of fused-ring (bicyclic) bond motifs is 1. The third-order valence-electron chi connectivity index (χ3n) is 3.70. The van der Waals surface area contributed by atoms with E-state index in [0.29, 0.717) is 26.6 Å². The number of aryl methyl sites for hydroxylation is 1. The van der Waals surface area contributed by atoms with E-state index in [0.717, 1.165) is 0 Å². The average molecular weight is 406 g/mol. The molecule has 3 aromatic rings. The van der Waals surface area contributed by atoms with Crippen molar-refractivity contribution in [1.29, 1.82) is 0 Å². The van der Waals surface area contributed by atoms with Crippen molar-refractivity contribution in [1.82, 2.24) is 14.9 Å². The molecule has 0 fully saturated rings. The number of nitrogens with one attached hydrogen (secondary N) is 1.